The van der Waals surface area contributed by atoms with Gasteiger partial charge in [0.2, 0.25) is 15.7 Å². The van der Waals surface area contributed by atoms with Crippen LogP contribution in [0.5, 0.6) is 5.75 Å². The summed E-state index contributed by atoms with van der Waals surface area (Å²) in [5.41, 5.74) is -0.493. The number of ether oxygens (including phenoxy) is 1. The molecule has 2 unspecified atom stereocenters. The zero-order valence-electron chi connectivity index (χ0n) is 16.1. The van der Waals surface area contributed by atoms with Crippen molar-refractivity contribution in [2.75, 3.05) is 6.54 Å². The predicted octanol–water partition coefficient (Wildman–Crippen LogP) is 2.85. The van der Waals surface area contributed by atoms with Crippen LogP contribution in [-0.2, 0) is 14.6 Å². The number of aliphatic hydroxyl groups is 1. The number of hydrogen-bond acceptors (Lipinski definition) is 5. The monoisotopic (exact) mass is 419 g/mol. The van der Waals surface area contributed by atoms with Gasteiger partial charge in [0.15, 0.2) is 0 Å². The van der Waals surface area contributed by atoms with Gasteiger partial charge in [-0.2, -0.15) is 0 Å². The molecule has 2 atom stereocenters. The highest BCUT2D eigenvalue weighted by atomic mass is 32.2. The Hall–Kier alpha value is -2.45. The third-order valence-electron chi connectivity index (χ3n) is 5.56. The molecule has 0 saturated carbocycles. The molecule has 2 aliphatic rings. The second-order valence-electron chi connectivity index (χ2n) is 7.94. The third-order valence-corrected chi connectivity index (χ3v) is 7.33. The number of carbonyl (C=O) groups excluding carboxylic acids is 1. The van der Waals surface area contributed by atoms with Gasteiger partial charge in [0.1, 0.15) is 23.3 Å². The highest BCUT2D eigenvalue weighted by molar-refractivity contribution is 7.91. The molecule has 0 bridgehead atoms. The Balaban J connectivity index is 1.83. The second-order valence-corrected chi connectivity index (χ2v) is 9.89. The van der Waals surface area contributed by atoms with Crippen molar-refractivity contribution in [2.45, 2.75) is 54.2 Å². The van der Waals surface area contributed by atoms with E-state index < -0.39 is 33.4 Å². The first-order chi connectivity index (χ1) is 13.6. The molecule has 1 saturated heterocycles. The fraction of sp³-hybridized carbons (Fsp3) is 0.381. The van der Waals surface area contributed by atoms with Gasteiger partial charge in [0, 0.05) is 18.5 Å². The molecular weight excluding hydrogens is 397 g/mol. The molecule has 8 heteroatoms. The Morgan fingerprint density at radius 1 is 1.14 bits per heavy atom. The summed E-state index contributed by atoms with van der Waals surface area (Å²) in [5, 5.41) is 11.0. The molecule has 4 rings (SSSR count). The van der Waals surface area contributed by atoms with Crippen molar-refractivity contribution in [2.24, 2.45) is 0 Å². The maximum atomic E-state index is 13.2. The van der Waals surface area contributed by atoms with Crippen LogP contribution in [0, 0.1) is 5.82 Å². The van der Waals surface area contributed by atoms with E-state index >= 15 is 0 Å². The highest BCUT2D eigenvalue weighted by Gasteiger charge is 2.47. The summed E-state index contributed by atoms with van der Waals surface area (Å²) in [7, 11) is -3.90. The molecule has 1 fully saturated rings. The van der Waals surface area contributed by atoms with Crippen LogP contribution in [0.2, 0.25) is 0 Å². The van der Waals surface area contributed by atoms with Gasteiger partial charge in [-0.05, 0) is 62.7 Å². The van der Waals surface area contributed by atoms with Crippen molar-refractivity contribution >= 4 is 15.7 Å². The second kappa shape index (κ2) is 6.81. The van der Waals surface area contributed by atoms with Crippen LogP contribution in [0.1, 0.15) is 38.3 Å². The van der Waals surface area contributed by atoms with E-state index in [1.165, 1.54) is 24.3 Å². The first kappa shape index (κ1) is 19.8. The minimum atomic E-state index is -3.90. The lowest BCUT2D eigenvalue weighted by atomic mass is 9.85. The van der Waals surface area contributed by atoms with E-state index in [4.69, 9.17) is 4.74 Å². The Labute approximate surface area is 168 Å². The number of rotatable bonds is 3. The van der Waals surface area contributed by atoms with Crippen LogP contribution >= 0.6 is 0 Å². The predicted molar refractivity (Wildman–Crippen MR) is 103 cm³/mol. The molecule has 6 nitrogen and oxygen atoms in total. The van der Waals surface area contributed by atoms with Gasteiger partial charge >= 0.3 is 0 Å². The van der Waals surface area contributed by atoms with Gasteiger partial charge in [0.25, 0.3) is 0 Å². The van der Waals surface area contributed by atoms with E-state index in [0.29, 0.717) is 30.7 Å². The molecule has 2 heterocycles. The van der Waals surface area contributed by atoms with Gasteiger partial charge < -0.3 is 14.7 Å². The third kappa shape index (κ3) is 3.30. The first-order valence-corrected chi connectivity index (χ1v) is 10.9. The average molecular weight is 419 g/mol. The number of hydrogen-bond donors (Lipinski definition) is 1. The van der Waals surface area contributed by atoms with Crippen molar-refractivity contribution in [3.63, 3.8) is 0 Å². The maximum Gasteiger partial charge on any atom is 0.223 e. The molecule has 2 aliphatic heterocycles. The molecule has 1 amide bonds. The summed E-state index contributed by atoms with van der Waals surface area (Å²) in [5.74, 6) is -0.173. The van der Waals surface area contributed by atoms with Crippen LogP contribution in [-0.4, -0.2) is 42.6 Å². The van der Waals surface area contributed by atoms with Gasteiger partial charge in [-0.15, -0.1) is 0 Å². The maximum absolute atomic E-state index is 13.2. The van der Waals surface area contributed by atoms with Gasteiger partial charge in [0.05, 0.1) is 15.8 Å². The van der Waals surface area contributed by atoms with E-state index in [9.17, 15) is 22.7 Å². The zero-order chi connectivity index (χ0) is 21.0. The number of benzene rings is 2. The standard InChI is InChI=1S/C21H22FNO5S/c1-21(2)20(25)19(23-11-3-4-18(23)24)16-12-15(9-10-17(16)28-21)29(26,27)14-7-5-13(22)6-8-14/h5-10,12,19-20,25H,3-4,11H2,1-2H3. The lowest BCUT2D eigenvalue weighted by Gasteiger charge is -2.45. The summed E-state index contributed by atoms with van der Waals surface area (Å²) >= 11 is 0. The minimum Gasteiger partial charge on any atom is -0.485 e. The van der Waals surface area contributed by atoms with E-state index in [1.54, 1.807) is 24.8 Å². The fourth-order valence-corrected chi connectivity index (χ4v) is 5.26. The summed E-state index contributed by atoms with van der Waals surface area (Å²) < 4.78 is 45.2. The molecule has 2 aromatic carbocycles. The number of carbonyl (C=O) groups is 1. The number of nitrogens with zero attached hydrogens (tertiary/aromatic N) is 1. The largest absolute Gasteiger partial charge is 0.485 e. The SMILES string of the molecule is CC1(C)Oc2ccc(S(=O)(=O)c3ccc(F)cc3)cc2C(N2CCCC2=O)C1O. The number of likely N-dealkylation sites (tertiary alicyclic amines) is 1. The topological polar surface area (TPSA) is 83.9 Å². The molecule has 154 valence electrons. The van der Waals surface area contributed by atoms with Crippen molar-refractivity contribution < 1.29 is 27.4 Å². The van der Waals surface area contributed by atoms with Gasteiger partial charge in [-0.1, -0.05) is 0 Å². The molecule has 0 radical (unpaired) electrons. The molecular formula is C21H22FNO5S. The van der Waals surface area contributed by atoms with Crippen molar-refractivity contribution in [3.8, 4) is 5.75 Å². The van der Waals surface area contributed by atoms with E-state index in [0.717, 1.165) is 12.1 Å². The van der Waals surface area contributed by atoms with E-state index in [1.807, 2.05) is 0 Å². The fourth-order valence-electron chi connectivity index (χ4n) is 3.96. The van der Waals surface area contributed by atoms with E-state index in [2.05, 4.69) is 0 Å². The number of aliphatic hydroxyl groups excluding tert-OH is 1. The lowest BCUT2D eigenvalue weighted by molar-refractivity contribution is -0.139. The Bertz CT molecular complexity index is 1060. The summed E-state index contributed by atoms with van der Waals surface area (Å²) in [6, 6.07) is 8.31. The Morgan fingerprint density at radius 2 is 1.79 bits per heavy atom. The van der Waals surface area contributed by atoms with Crippen molar-refractivity contribution in [3.05, 3.63) is 53.8 Å². The lowest BCUT2D eigenvalue weighted by Crippen LogP contribution is -2.53. The molecule has 29 heavy (non-hydrogen) atoms. The summed E-state index contributed by atoms with van der Waals surface area (Å²) in [4.78, 5) is 14.0. The number of halogens is 1. The molecule has 0 aromatic heterocycles. The molecule has 0 aliphatic carbocycles. The smallest absolute Gasteiger partial charge is 0.223 e. The van der Waals surface area contributed by atoms with Crippen LogP contribution < -0.4 is 4.74 Å². The van der Waals surface area contributed by atoms with Gasteiger partial charge in [-0.3, -0.25) is 4.79 Å². The normalized spacial score (nSPS) is 23.6. The zero-order valence-corrected chi connectivity index (χ0v) is 16.9. The minimum absolute atomic E-state index is 0.00462. The number of amides is 1. The number of fused-ring (bicyclic) bond motifs is 1. The van der Waals surface area contributed by atoms with Gasteiger partial charge in [-0.25, -0.2) is 12.8 Å². The summed E-state index contributed by atoms with van der Waals surface area (Å²) in [6.07, 6.45) is 0.0560. The molecule has 0 spiro atoms. The van der Waals surface area contributed by atoms with Crippen molar-refractivity contribution in [1.29, 1.82) is 0 Å². The van der Waals surface area contributed by atoms with Crippen LogP contribution in [0.15, 0.2) is 52.3 Å². The number of sulfone groups is 1. The Kier molecular flexibility index (Phi) is 4.66. The summed E-state index contributed by atoms with van der Waals surface area (Å²) in [6.45, 7) is 3.96. The Morgan fingerprint density at radius 3 is 2.41 bits per heavy atom. The van der Waals surface area contributed by atoms with Crippen LogP contribution in [0.4, 0.5) is 4.39 Å². The van der Waals surface area contributed by atoms with Crippen LogP contribution in [0.3, 0.4) is 0 Å². The molecule has 2 aromatic rings. The average Bonchev–Trinajstić information content (AvgIpc) is 3.08. The quantitative estimate of drug-likeness (QED) is 0.774. The van der Waals surface area contributed by atoms with Crippen molar-refractivity contribution in [1.82, 2.24) is 4.90 Å². The van der Waals surface area contributed by atoms with E-state index in [-0.39, 0.29) is 15.7 Å². The van der Waals surface area contributed by atoms with Crippen LogP contribution in [0.25, 0.3) is 0 Å². The first-order valence-electron chi connectivity index (χ1n) is 9.42. The molecule has 1 N–H and O–H groups in total. The highest BCUT2D eigenvalue weighted by Crippen LogP contribution is 2.45.